The molecule has 17 heavy (non-hydrogen) atoms. The molecule has 0 aliphatic heterocycles. The van der Waals surface area contributed by atoms with Crippen LogP contribution in [0.2, 0.25) is 5.02 Å². The SMILES string of the molecule is CC(C(=O)c1cccs1)n1cc(Cl)cnc1=O. The van der Waals surface area contributed by atoms with E-state index in [1.54, 1.807) is 19.1 Å². The number of halogens is 1. The van der Waals surface area contributed by atoms with Crippen molar-refractivity contribution in [1.29, 1.82) is 0 Å². The Morgan fingerprint density at radius 2 is 2.35 bits per heavy atom. The molecule has 0 saturated carbocycles. The number of rotatable bonds is 3. The molecule has 4 nitrogen and oxygen atoms in total. The molecule has 0 aromatic carbocycles. The minimum absolute atomic E-state index is 0.119. The topological polar surface area (TPSA) is 52.0 Å². The number of hydrogen-bond acceptors (Lipinski definition) is 4. The first-order valence-corrected chi connectivity index (χ1v) is 6.17. The van der Waals surface area contributed by atoms with Gasteiger partial charge in [-0.2, -0.15) is 0 Å². The van der Waals surface area contributed by atoms with Crippen molar-refractivity contribution in [2.75, 3.05) is 0 Å². The molecule has 0 N–H and O–H groups in total. The van der Waals surface area contributed by atoms with Crippen LogP contribution in [-0.4, -0.2) is 15.3 Å². The van der Waals surface area contributed by atoms with Crippen LogP contribution in [0.3, 0.4) is 0 Å². The summed E-state index contributed by atoms with van der Waals surface area (Å²) >= 11 is 7.11. The van der Waals surface area contributed by atoms with Crippen LogP contribution >= 0.6 is 22.9 Å². The molecule has 0 aliphatic carbocycles. The molecule has 0 aliphatic rings. The van der Waals surface area contributed by atoms with Gasteiger partial charge in [0.05, 0.1) is 22.1 Å². The highest BCUT2D eigenvalue weighted by Gasteiger charge is 2.19. The van der Waals surface area contributed by atoms with Crippen molar-refractivity contribution in [3.8, 4) is 0 Å². The van der Waals surface area contributed by atoms with Crippen molar-refractivity contribution in [3.63, 3.8) is 0 Å². The van der Waals surface area contributed by atoms with E-state index in [4.69, 9.17) is 11.6 Å². The Bertz CT molecular complexity index is 592. The molecule has 2 rings (SSSR count). The van der Waals surface area contributed by atoms with Gasteiger partial charge in [0.2, 0.25) is 0 Å². The highest BCUT2D eigenvalue weighted by molar-refractivity contribution is 7.12. The standard InChI is InChI=1S/C11H9ClN2O2S/c1-7(10(15)9-3-2-4-17-9)14-6-8(12)5-13-11(14)16/h2-7H,1H3. The Hall–Kier alpha value is -1.46. The third kappa shape index (κ3) is 2.45. The van der Waals surface area contributed by atoms with Crippen LogP contribution in [-0.2, 0) is 0 Å². The fraction of sp³-hybridized carbons (Fsp3) is 0.182. The first-order valence-electron chi connectivity index (χ1n) is 4.91. The maximum atomic E-state index is 12.0. The lowest BCUT2D eigenvalue weighted by Crippen LogP contribution is -2.29. The first-order chi connectivity index (χ1) is 8.09. The summed E-state index contributed by atoms with van der Waals surface area (Å²) in [4.78, 5) is 27.8. The van der Waals surface area contributed by atoms with Crippen molar-refractivity contribution >= 4 is 28.7 Å². The Labute approximate surface area is 106 Å². The van der Waals surface area contributed by atoms with E-state index in [1.807, 2.05) is 5.38 Å². The largest absolute Gasteiger partial charge is 0.348 e. The van der Waals surface area contributed by atoms with Gasteiger partial charge in [-0.05, 0) is 18.4 Å². The zero-order chi connectivity index (χ0) is 12.4. The van der Waals surface area contributed by atoms with Gasteiger partial charge in [-0.3, -0.25) is 9.36 Å². The van der Waals surface area contributed by atoms with Gasteiger partial charge in [-0.25, -0.2) is 9.78 Å². The van der Waals surface area contributed by atoms with E-state index >= 15 is 0 Å². The van der Waals surface area contributed by atoms with Gasteiger partial charge >= 0.3 is 5.69 Å². The molecule has 2 heterocycles. The third-order valence-electron chi connectivity index (χ3n) is 2.34. The van der Waals surface area contributed by atoms with Crippen molar-refractivity contribution in [1.82, 2.24) is 9.55 Å². The van der Waals surface area contributed by atoms with Crippen LogP contribution in [0.1, 0.15) is 22.6 Å². The smallest absolute Gasteiger partial charge is 0.291 e. The lowest BCUT2D eigenvalue weighted by molar-refractivity contribution is 0.0936. The maximum Gasteiger partial charge on any atom is 0.348 e. The number of ketones is 1. The molecule has 2 aromatic rings. The summed E-state index contributed by atoms with van der Waals surface area (Å²) in [6.07, 6.45) is 2.69. The van der Waals surface area contributed by atoms with Crippen LogP contribution in [0.25, 0.3) is 0 Å². The van der Waals surface area contributed by atoms with Crippen LogP contribution < -0.4 is 5.69 Å². The van der Waals surface area contributed by atoms with Gasteiger partial charge in [0.15, 0.2) is 5.78 Å². The van der Waals surface area contributed by atoms with Crippen molar-refractivity contribution in [3.05, 3.63) is 50.3 Å². The van der Waals surface area contributed by atoms with Crippen LogP contribution in [0.15, 0.2) is 34.7 Å². The summed E-state index contributed by atoms with van der Waals surface area (Å²) in [5.41, 5.74) is -0.480. The second-order valence-corrected chi connectivity index (χ2v) is 4.86. The molecule has 0 fully saturated rings. The first kappa shape index (κ1) is 12.0. The molecule has 2 aromatic heterocycles. The number of Topliss-reactive ketones (excluding diaryl/α,β-unsaturated/α-hetero) is 1. The summed E-state index contributed by atoms with van der Waals surface area (Å²) in [7, 11) is 0. The third-order valence-corrected chi connectivity index (χ3v) is 3.42. The maximum absolute atomic E-state index is 12.0. The number of carbonyl (C=O) groups excluding carboxylic acids is 1. The van der Waals surface area contributed by atoms with Gasteiger partial charge in [0, 0.05) is 6.20 Å². The molecule has 0 spiro atoms. The van der Waals surface area contributed by atoms with Crippen molar-refractivity contribution in [2.45, 2.75) is 13.0 Å². The zero-order valence-electron chi connectivity index (χ0n) is 8.96. The van der Waals surface area contributed by atoms with Crippen molar-refractivity contribution in [2.24, 2.45) is 0 Å². The Morgan fingerprint density at radius 1 is 1.59 bits per heavy atom. The van der Waals surface area contributed by atoms with E-state index in [0.717, 1.165) is 0 Å². The van der Waals surface area contributed by atoms with Crippen LogP contribution in [0.5, 0.6) is 0 Å². The van der Waals surface area contributed by atoms with Crippen LogP contribution in [0.4, 0.5) is 0 Å². The van der Waals surface area contributed by atoms with E-state index in [-0.39, 0.29) is 5.78 Å². The number of aromatic nitrogens is 2. The Kier molecular flexibility index (Phi) is 3.40. The molecule has 0 radical (unpaired) electrons. The number of thiophene rings is 1. The second kappa shape index (κ2) is 4.81. The minimum Gasteiger partial charge on any atom is -0.291 e. The van der Waals surface area contributed by atoms with Crippen LogP contribution in [0, 0.1) is 0 Å². The molecule has 88 valence electrons. The fourth-order valence-corrected chi connectivity index (χ4v) is 2.33. The Balaban J connectivity index is 2.37. The number of hydrogen-bond donors (Lipinski definition) is 0. The van der Waals surface area contributed by atoms with E-state index in [9.17, 15) is 9.59 Å². The molecular formula is C11H9ClN2O2S. The van der Waals surface area contributed by atoms with Gasteiger partial charge in [-0.1, -0.05) is 17.7 Å². The summed E-state index contributed by atoms with van der Waals surface area (Å²) < 4.78 is 1.24. The number of nitrogens with zero attached hydrogens (tertiary/aromatic N) is 2. The molecule has 0 bridgehead atoms. The zero-order valence-corrected chi connectivity index (χ0v) is 10.5. The number of carbonyl (C=O) groups is 1. The Morgan fingerprint density at radius 3 is 3.00 bits per heavy atom. The summed E-state index contributed by atoms with van der Waals surface area (Å²) in [5.74, 6) is -0.119. The summed E-state index contributed by atoms with van der Waals surface area (Å²) in [6, 6.07) is 2.92. The molecule has 1 unspecified atom stereocenters. The van der Waals surface area contributed by atoms with Gasteiger partial charge in [0.1, 0.15) is 0 Å². The normalized spacial score (nSPS) is 12.4. The molecular weight excluding hydrogens is 260 g/mol. The van der Waals surface area contributed by atoms with Gasteiger partial charge in [0.25, 0.3) is 0 Å². The average Bonchev–Trinajstić information content (AvgIpc) is 2.84. The predicted octanol–water partition coefficient (Wildman–Crippen LogP) is 2.40. The molecule has 6 heteroatoms. The highest BCUT2D eigenvalue weighted by Crippen LogP contribution is 2.17. The fourth-order valence-electron chi connectivity index (χ4n) is 1.43. The quantitative estimate of drug-likeness (QED) is 0.803. The second-order valence-electron chi connectivity index (χ2n) is 3.48. The monoisotopic (exact) mass is 268 g/mol. The lowest BCUT2D eigenvalue weighted by Gasteiger charge is -2.12. The van der Waals surface area contributed by atoms with Gasteiger partial charge < -0.3 is 0 Å². The molecule has 0 amide bonds. The predicted molar refractivity (Wildman–Crippen MR) is 66.9 cm³/mol. The van der Waals surface area contributed by atoms with Crippen molar-refractivity contribution < 1.29 is 4.79 Å². The van der Waals surface area contributed by atoms with Gasteiger partial charge in [-0.15, -0.1) is 11.3 Å². The van der Waals surface area contributed by atoms with E-state index in [1.165, 1.54) is 28.3 Å². The van der Waals surface area contributed by atoms with E-state index in [0.29, 0.717) is 9.90 Å². The van der Waals surface area contributed by atoms with E-state index in [2.05, 4.69) is 4.98 Å². The van der Waals surface area contributed by atoms with E-state index < -0.39 is 11.7 Å². The average molecular weight is 269 g/mol. The summed E-state index contributed by atoms with van der Waals surface area (Å²) in [6.45, 7) is 1.65. The lowest BCUT2D eigenvalue weighted by atomic mass is 10.2. The minimum atomic E-state index is -0.604. The molecule has 1 atom stereocenters. The molecule has 0 saturated heterocycles. The summed E-state index contributed by atoms with van der Waals surface area (Å²) in [5, 5.41) is 2.15. The highest BCUT2D eigenvalue weighted by atomic mass is 35.5.